The van der Waals surface area contributed by atoms with Crippen LogP contribution in [0.5, 0.6) is 17.2 Å². The van der Waals surface area contributed by atoms with Crippen molar-refractivity contribution in [3.8, 4) is 17.2 Å². The van der Waals surface area contributed by atoms with Crippen molar-refractivity contribution in [2.45, 2.75) is 5.25 Å². The fourth-order valence-electron chi connectivity index (χ4n) is 1.71. The Bertz CT molecular complexity index is 561. The van der Waals surface area contributed by atoms with Crippen molar-refractivity contribution in [2.75, 3.05) is 14.2 Å². The zero-order valence-electron chi connectivity index (χ0n) is 10.9. The van der Waals surface area contributed by atoms with E-state index >= 15 is 0 Å². The molecule has 1 saturated heterocycles. The summed E-state index contributed by atoms with van der Waals surface area (Å²) in [6.07, 6.45) is 3.50. The minimum atomic E-state index is -0.340. The van der Waals surface area contributed by atoms with Crippen LogP contribution in [0.2, 0.25) is 0 Å². The number of phenolic OH excluding ortho intramolecular Hbond substituents is 1. The minimum absolute atomic E-state index is 0.0543. The maximum Gasteiger partial charge on any atom is 0.242 e. The summed E-state index contributed by atoms with van der Waals surface area (Å²) in [5.74, 6) is 0.432. The molecule has 0 spiro atoms. The summed E-state index contributed by atoms with van der Waals surface area (Å²) in [5, 5.41) is 12.0. The highest BCUT2D eigenvalue weighted by molar-refractivity contribution is 8.24. The lowest BCUT2D eigenvalue weighted by Gasteiger charge is -2.09. The lowest BCUT2D eigenvalue weighted by molar-refractivity contribution is -0.118. The van der Waals surface area contributed by atoms with E-state index in [9.17, 15) is 9.90 Å². The first kappa shape index (κ1) is 14.7. The van der Waals surface area contributed by atoms with E-state index in [-0.39, 0.29) is 16.9 Å². The Labute approximate surface area is 126 Å². The van der Waals surface area contributed by atoms with Gasteiger partial charge in [0.05, 0.1) is 14.2 Å². The summed E-state index contributed by atoms with van der Waals surface area (Å²) >= 11 is 6.21. The molecule has 0 bridgehead atoms. The fraction of sp³-hybridized carbons (Fsp3) is 0.231. The van der Waals surface area contributed by atoms with Crippen molar-refractivity contribution in [3.05, 3.63) is 23.8 Å². The van der Waals surface area contributed by atoms with Crippen molar-refractivity contribution in [1.29, 1.82) is 0 Å². The molecule has 1 atom stereocenters. The largest absolute Gasteiger partial charge is 0.502 e. The average molecular weight is 311 g/mol. The Balaban J connectivity index is 2.25. The summed E-state index contributed by atoms with van der Waals surface area (Å²) in [5.41, 5.74) is 0.753. The summed E-state index contributed by atoms with van der Waals surface area (Å²) in [4.78, 5) is 11.5. The Morgan fingerprint density at radius 1 is 1.35 bits per heavy atom. The molecule has 0 aromatic heterocycles. The van der Waals surface area contributed by atoms with Crippen LogP contribution >= 0.6 is 24.0 Å². The van der Waals surface area contributed by atoms with Crippen molar-refractivity contribution in [2.24, 2.45) is 0 Å². The van der Waals surface area contributed by atoms with E-state index in [1.165, 1.54) is 26.0 Å². The van der Waals surface area contributed by atoms with Gasteiger partial charge in [-0.25, -0.2) is 0 Å². The lowest BCUT2D eigenvalue weighted by atomic mass is 10.1. The lowest BCUT2D eigenvalue weighted by Crippen LogP contribution is -2.22. The SMILES string of the molecule is COc1cc(C=CC2SC(=S)NC2=O)cc(OC)c1O. The molecule has 106 valence electrons. The maximum absolute atomic E-state index is 11.5. The van der Waals surface area contributed by atoms with Gasteiger partial charge in [0.25, 0.3) is 0 Å². The number of rotatable bonds is 4. The maximum atomic E-state index is 11.5. The normalized spacial score (nSPS) is 18.4. The molecule has 1 aliphatic rings. The van der Waals surface area contributed by atoms with Crippen LogP contribution in [0.3, 0.4) is 0 Å². The van der Waals surface area contributed by atoms with Gasteiger partial charge in [-0.1, -0.05) is 36.1 Å². The van der Waals surface area contributed by atoms with Gasteiger partial charge in [-0.05, 0) is 17.7 Å². The van der Waals surface area contributed by atoms with Gasteiger partial charge in [-0.3, -0.25) is 4.79 Å². The van der Waals surface area contributed by atoms with Gasteiger partial charge in [-0.2, -0.15) is 0 Å². The third-order valence-corrected chi connectivity index (χ3v) is 4.02. The monoisotopic (exact) mass is 311 g/mol. The first-order valence-corrected chi connectivity index (χ1v) is 6.98. The topological polar surface area (TPSA) is 67.8 Å². The van der Waals surface area contributed by atoms with E-state index in [1.54, 1.807) is 24.3 Å². The van der Waals surface area contributed by atoms with Gasteiger partial charge in [-0.15, -0.1) is 0 Å². The summed E-state index contributed by atoms with van der Waals surface area (Å²) in [6.45, 7) is 0. The first-order valence-electron chi connectivity index (χ1n) is 5.70. The molecule has 1 amide bonds. The Morgan fingerprint density at radius 3 is 2.40 bits per heavy atom. The minimum Gasteiger partial charge on any atom is -0.502 e. The van der Waals surface area contributed by atoms with Gasteiger partial charge < -0.3 is 19.9 Å². The van der Waals surface area contributed by atoms with Crippen LogP contribution in [0.15, 0.2) is 18.2 Å². The molecular weight excluding hydrogens is 298 g/mol. The van der Waals surface area contributed by atoms with E-state index in [1.807, 2.05) is 0 Å². The zero-order valence-corrected chi connectivity index (χ0v) is 12.5. The number of phenols is 1. The standard InChI is InChI=1S/C13H13NO4S2/c1-17-8-5-7(6-9(18-2)11(8)15)3-4-10-12(16)14-13(19)20-10/h3-6,10,15H,1-2H3,(H,14,16,19). The number of benzene rings is 1. The summed E-state index contributed by atoms with van der Waals surface area (Å²) in [7, 11) is 2.92. The molecular formula is C13H13NO4S2. The zero-order chi connectivity index (χ0) is 14.7. The number of hydrogen-bond donors (Lipinski definition) is 2. The quantitative estimate of drug-likeness (QED) is 0.828. The molecule has 2 rings (SSSR count). The number of thioether (sulfide) groups is 1. The average Bonchev–Trinajstić information content (AvgIpc) is 2.75. The molecule has 7 heteroatoms. The van der Waals surface area contributed by atoms with Gasteiger partial charge in [0.2, 0.25) is 11.7 Å². The fourth-order valence-corrected chi connectivity index (χ4v) is 2.83. The van der Waals surface area contributed by atoms with Crippen LogP contribution < -0.4 is 14.8 Å². The van der Waals surface area contributed by atoms with E-state index in [2.05, 4.69) is 5.32 Å². The highest BCUT2D eigenvalue weighted by Gasteiger charge is 2.26. The van der Waals surface area contributed by atoms with E-state index in [0.717, 1.165) is 5.56 Å². The smallest absolute Gasteiger partial charge is 0.242 e. The highest BCUT2D eigenvalue weighted by Crippen LogP contribution is 2.37. The molecule has 1 fully saturated rings. The van der Waals surface area contributed by atoms with Crippen molar-refractivity contribution in [3.63, 3.8) is 0 Å². The van der Waals surface area contributed by atoms with Crippen molar-refractivity contribution in [1.82, 2.24) is 5.32 Å². The molecule has 0 saturated carbocycles. The predicted octanol–water partition coefficient (Wildman–Crippen LogP) is 1.94. The number of amides is 1. The van der Waals surface area contributed by atoms with E-state index < -0.39 is 0 Å². The molecule has 0 aliphatic carbocycles. The summed E-state index contributed by atoms with van der Waals surface area (Å²) < 4.78 is 10.6. The van der Waals surface area contributed by atoms with E-state index in [4.69, 9.17) is 21.7 Å². The van der Waals surface area contributed by atoms with Gasteiger partial charge in [0, 0.05) is 0 Å². The van der Waals surface area contributed by atoms with Crippen LogP contribution in [-0.2, 0) is 4.79 Å². The Hall–Kier alpha value is -1.73. The molecule has 2 N–H and O–H groups in total. The van der Waals surface area contributed by atoms with Crippen LogP contribution in [0.25, 0.3) is 6.08 Å². The molecule has 20 heavy (non-hydrogen) atoms. The number of ether oxygens (including phenoxy) is 2. The molecule has 1 heterocycles. The van der Waals surface area contributed by atoms with Crippen LogP contribution in [0.4, 0.5) is 0 Å². The number of thiocarbonyl (C=S) groups is 1. The second kappa shape index (κ2) is 6.15. The van der Waals surface area contributed by atoms with Gasteiger partial charge >= 0.3 is 0 Å². The number of carbonyl (C=O) groups is 1. The third kappa shape index (κ3) is 3.05. The second-order valence-electron chi connectivity index (χ2n) is 3.95. The van der Waals surface area contributed by atoms with Gasteiger partial charge in [0.15, 0.2) is 11.5 Å². The summed E-state index contributed by atoms with van der Waals surface area (Å²) in [6, 6.07) is 3.31. The Morgan fingerprint density at radius 2 is 1.95 bits per heavy atom. The molecule has 0 radical (unpaired) electrons. The first-order chi connectivity index (χ1) is 9.55. The number of nitrogens with one attached hydrogen (secondary N) is 1. The molecule has 1 aliphatic heterocycles. The number of carbonyl (C=O) groups excluding carboxylic acids is 1. The van der Waals surface area contributed by atoms with Crippen molar-refractivity contribution >= 4 is 40.3 Å². The molecule has 1 aromatic carbocycles. The van der Waals surface area contributed by atoms with Crippen LogP contribution in [0.1, 0.15) is 5.56 Å². The molecule has 1 aromatic rings. The number of methoxy groups -OCH3 is 2. The van der Waals surface area contributed by atoms with Crippen molar-refractivity contribution < 1.29 is 19.4 Å². The highest BCUT2D eigenvalue weighted by atomic mass is 32.2. The third-order valence-electron chi connectivity index (χ3n) is 2.68. The molecule has 5 nitrogen and oxygen atoms in total. The predicted molar refractivity (Wildman–Crippen MR) is 82.4 cm³/mol. The second-order valence-corrected chi connectivity index (χ2v) is 5.77. The van der Waals surface area contributed by atoms with Gasteiger partial charge in [0.1, 0.15) is 9.57 Å². The van der Waals surface area contributed by atoms with E-state index in [0.29, 0.717) is 15.8 Å². The van der Waals surface area contributed by atoms with Crippen LogP contribution in [0, 0.1) is 0 Å². The Kier molecular flexibility index (Phi) is 4.51. The van der Waals surface area contributed by atoms with Crippen LogP contribution in [-0.4, -0.2) is 34.8 Å². The number of hydrogen-bond acceptors (Lipinski definition) is 6. The number of aromatic hydroxyl groups is 1. The molecule has 1 unspecified atom stereocenters.